The summed E-state index contributed by atoms with van der Waals surface area (Å²) in [7, 11) is 3.25. The van der Waals surface area contributed by atoms with Gasteiger partial charge < -0.3 is 29.2 Å². The summed E-state index contributed by atoms with van der Waals surface area (Å²) in [6.07, 6.45) is -1.84. The van der Waals surface area contributed by atoms with Gasteiger partial charge in [0, 0.05) is 14.2 Å². The van der Waals surface area contributed by atoms with Crippen LogP contribution >= 0.6 is 0 Å². The molecule has 2 heterocycles. The number of carbonyl (C=O) groups is 1. The summed E-state index contributed by atoms with van der Waals surface area (Å²) in [5.41, 5.74) is -1.71. The smallest absolute Gasteiger partial charge is 0.422 e. The van der Waals surface area contributed by atoms with Gasteiger partial charge in [0.15, 0.2) is 12.2 Å². The Labute approximate surface area is 166 Å². The van der Waals surface area contributed by atoms with Crippen molar-refractivity contribution in [3.8, 4) is 11.5 Å². The molecule has 1 saturated carbocycles. The lowest BCUT2D eigenvalue weighted by Gasteiger charge is -2.50. The number of halogens is 3. The number of benzene rings is 1. The zero-order valence-electron chi connectivity index (χ0n) is 16.2. The third-order valence-corrected chi connectivity index (χ3v) is 5.86. The first-order chi connectivity index (χ1) is 13.7. The Morgan fingerprint density at radius 1 is 1.31 bits per heavy atom. The number of amides is 2. The number of carbonyl (C=O) groups excluding carboxylic acids is 1. The third-order valence-electron chi connectivity index (χ3n) is 5.86. The van der Waals surface area contributed by atoms with Gasteiger partial charge in [0.1, 0.15) is 18.2 Å². The zero-order valence-corrected chi connectivity index (χ0v) is 16.2. The molecule has 1 unspecified atom stereocenters. The van der Waals surface area contributed by atoms with E-state index in [2.05, 4.69) is 5.32 Å². The highest BCUT2D eigenvalue weighted by molar-refractivity contribution is 5.76. The van der Waals surface area contributed by atoms with Crippen molar-refractivity contribution in [3.63, 3.8) is 0 Å². The standard InChI is InChI=1S/C19H23F3N2O5/c1-24-11-28-19(23-16(24)25)14-9-13(27-10-18(20,21)22)3-4-15(14)29-17(19)7-5-12(26-2)6-8-17/h3-4,9,12H,5-8,10-11H2,1-2H3,(H,23,25). The molecule has 0 bridgehead atoms. The van der Waals surface area contributed by atoms with Crippen LogP contribution in [0.5, 0.6) is 11.5 Å². The summed E-state index contributed by atoms with van der Waals surface area (Å²) in [6.45, 7) is -1.38. The van der Waals surface area contributed by atoms with Crippen LogP contribution in [-0.2, 0) is 15.2 Å². The van der Waals surface area contributed by atoms with Crippen LogP contribution in [0.3, 0.4) is 0 Å². The fraction of sp³-hybridized carbons (Fsp3) is 0.632. The fourth-order valence-corrected chi connectivity index (χ4v) is 4.33. The van der Waals surface area contributed by atoms with Crippen molar-refractivity contribution in [1.82, 2.24) is 10.2 Å². The van der Waals surface area contributed by atoms with Crippen molar-refractivity contribution in [1.29, 1.82) is 0 Å². The molecule has 1 saturated heterocycles. The lowest BCUT2D eigenvalue weighted by atomic mass is 9.74. The van der Waals surface area contributed by atoms with Crippen molar-refractivity contribution in [2.75, 3.05) is 27.5 Å². The molecule has 1 aromatic carbocycles. The van der Waals surface area contributed by atoms with Crippen LogP contribution in [0.4, 0.5) is 18.0 Å². The van der Waals surface area contributed by atoms with Crippen LogP contribution in [0, 0.1) is 0 Å². The van der Waals surface area contributed by atoms with Gasteiger partial charge in [0.25, 0.3) is 0 Å². The molecule has 160 valence electrons. The molecule has 4 rings (SSSR count). The van der Waals surface area contributed by atoms with Crippen LogP contribution in [0.15, 0.2) is 18.2 Å². The van der Waals surface area contributed by atoms with Crippen molar-refractivity contribution in [3.05, 3.63) is 23.8 Å². The average molecular weight is 416 g/mol. The number of hydrogen-bond acceptors (Lipinski definition) is 5. The van der Waals surface area contributed by atoms with Crippen molar-refractivity contribution >= 4 is 6.03 Å². The third kappa shape index (κ3) is 3.38. The number of nitrogens with one attached hydrogen (secondary N) is 1. The quantitative estimate of drug-likeness (QED) is 0.820. The Bertz CT molecular complexity index is 795. The SMILES string of the molecule is COC1CCC2(CC1)Oc1ccc(OCC(F)(F)F)cc1C21NC(=O)N(C)CO1. The first-order valence-electron chi connectivity index (χ1n) is 9.41. The topological polar surface area (TPSA) is 69.3 Å². The van der Waals surface area contributed by atoms with Gasteiger partial charge in [0.2, 0.25) is 5.72 Å². The number of methoxy groups -OCH3 is 1. The highest BCUT2D eigenvalue weighted by Gasteiger charge is 2.65. The van der Waals surface area contributed by atoms with E-state index in [1.807, 2.05) is 0 Å². The Balaban J connectivity index is 1.71. The molecule has 2 aliphatic heterocycles. The number of rotatable bonds is 3. The second kappa shape index (κ2) is 6.94. The largest absolute Gasteiger partial charge is 0.484 e. The lowest BCUT2D eigenvalue weighted by molar-refractivity contribution is -0.217. The van der Waals surface area contributed by atoms with E-state index in [4.69, 9.17) is 18.9 Å². The highest BCUT2D eigenvalue weighted by atomic mass is 19.4. The van der Waals surface area contributed by atoms with Gasteiger partial charge in [-0.05, 0) is 43.9 Å². The Kier molecular flexibility index (Phi) is 4.81. The molecule has 0 radical (unpaired) electrons. The van der Waals surface area contributed by atoms with Gasteiger partial charge in [0.05, 0.1) is 11.7 Å². The second-order valence-corrected chi connectivity index (χ2v) is 7.68. The molecule has 0 aromatic heterocycles. The van der Waals surface area contributed by atoms with Gasteiger partial charge in [-0.2, -0.15) is 13.2 Å². The maximum absolute atomic E-state index is 12.6. The number of fused-ring (bicyclic) bond motifs is 3. The summed E-state index contributed by atoms with van der Waals surface area (Å²) in [6, 6.07) is 4.11. The number of ether oxygens (including phenoxy) is 4. The lowest BCUT2D eigenvalue weighted by Crippen LogP contribution is -2.69. The minimum absolute atomic E-state index is 0.0255. The number of urea groups is 1. The molecule has 1 aliphatic carbocycles. The van der Waals surface area contributed by atoms with Crippen LogP contribution < -0.4 is 14.8 Å². The molecule has 10 heteroatoms. The van der Waals surface area contributed by atoms with E-state index in [0.717, 1.165) is 0 Å². The van der Waals surface area contributed by atoms with Crippen LogP contribution in [0.1, 0.15) is 31.2 Å². The fourth-order valence-electron chi connectivity index (χ4n) is 4.33. The van der Waals surface area contributed by atoms with E-state index < -0.39 is 24.1 Å². The van der Waals surface area contributed by atoms with Crippen LogP contribution in [0.25, 0.3) is 0 Å². The summed E-state index contributed by atoms with van der Waals surface area (Å²) < 4.78 is 60.5. The average Bonchev–Trinajstić information content (AvgIpc) is 2.92. The first kappa shape index (κ1) is 20.1. The molecule has 1 N–H and O–H groups in total. The van der Waals surface area contributed by atoms with Crippen LogP contribution in [0.2, 0.25) is 0 Å². The summed E-state index contributed by atoms with van der Waals surface area (Å²) >= 11 is 0. The summed E-state index contributed by atoms with van der Waals surface area (Å²) in [5.74, 6) is 0.494. The molecule has 29 heavy (non-hydrogen) atoms. The Morgan fingerprint density at radius 2 is 2.03 bits per heavy atom. The van der Waals surface area contributed by atoms with E-state index in [0.29, 0.717) is 37.0 Å². The van der Waals surface area contributed by atoms with Gasteiger partial charge >= 0.3 is 12.2 Å². The Hall–Kier alpha value is -2.20. The second-order valence-electron chi connectivity index (χ2n) is 7.68. The predicted molar refractivity (Wildman–Crippen MR) is 94.5 cm³/mol. The zero-order chi connectivity index (χ0) is 20.9. The number of alkyl halides is 3. The number of hydrogen-bond donors (Lipinski definition) is 1. The predicted octanol–water partition coefficient (Wildman–Crippen LogP) is 3.13. The number of nitrogens with zero attached hydrogens (tertiary/aromatic N) is 1. The van der Waals surface area contributed by atoms with E-state index >= 15 is 0 Å². The molecular weight excluding hydrogens is 393 g/mol. The maximum atomic E-state index is 12.6. The van der Waals surface area contributed by atoms with Gasteiger partial charge in [-0.1, -0.05) is 0 Å². The maximum Gasteiger partial charge on any atom is 0.422 e. The van der Waals surface area contributed by atoms with E-state index in [1.165, 1.54) is 17.0 Å². The van der Waals surface area contributed by atoms with Crippen molar-refractivity contribution in [2.45, 2.75) is 49.3 Å². The van der Waals surface area contributed by atoms with Gasteiger partial charge in [-0.3, -0.25) is 0 Å². The minimum Gasteiger partial charge on any atom is -0.484 e. The molecular formula is C19H23F3N2O5. The first-order valence-corrected chi connectivity index (χ1v) is 9.41. The molecule has 7 nitrogen and oxygen atoms in total. The van der Waals surface area contributed by atoms with E-state index in [-0.39, 0.29) is 24.6 Å². The van der Waals surface area contributed by atoms with Crippen molar-refractivity contribution in [2.24, 2.45) is 0 Å². The Morgan fingerprint density at radius 3 is 2.66 bits per heavy atom. The minimum atomic E-state index is -4.45. The van der Waals surface area contributed by atoms with Crippen molar-refractivity contribution < 1.29 is 36.9 Å². The monoisotopic (exact) mass is 416 g/mol. The highest BCUT2D eigenvalue weighted by Crippen LogP contribution is 2.56. The molecule has 2 fully saturated rings. The van der Waals surface area contributed by atoms with E-state index in [1.54, 1.807) is 20.2 Å². The molecule has 1 aromatic rings. The summed E-state index contributed by atoms with van der Waals surface area (Å²) in [4.78, 5) is 13.9. The van der Waals surface area contributed by atoms with Gasteiger partial charge in [-0.25, -0.2) is 4.79 Å². The van der Waals surface area contributed by atoms with E-state index in [9.17, 15) is 18.0 Å². The van der Waals surface area contributed by atoms with Gasteiger partial charge in [-0.15, -0.1) is 0 Å². The van der Waals surface area contributed by atoms with Crippen LogP contribution in [-0.4, -0.2) is 56.3 Å². The molecule has 2 spiro atoms. The molecule has 1 atom stereocenters. The molecule has 2 amide bonds. The summed E-state index contributed by atoms with van der Waals surface area (Å²) in [5, 5.41) is 2.91. The molecule has 3 aliphatic rings. The normalized spacial score (nSPS) is 31.6.